The smallest absolute Gasteiger partial charge is 0.410 e. The molecule has 0 aromatic rings. The Bertz CT molecular complexity index is 250. The van der Waals surface area contributed by atoms with E-state index in [4.69, 9.17) is 4.74 Å². The molecule has 2 unspecified atom stereocenters. The molecule has 5 nitrogen and oxygen atoms in total. The second-order valence-corrected chi connectivity index (χ2v) is 5.12. The molecule has 2 atom stereocenters. The number of hydrogen-bond acceptors (Lipinski definition) is 4. The van der Waals surface area contributed by atoms with Crippen molar-refractivity contribution in [2.24, 2.45) is 0 Å². The van der Waals surface area contributed by atoms with Crippen molar-refractivity contribution in [3.8, 4) is 0 Å². The number of hydrogen-bond donors (Lipinski definition) is 2. The van der Waals surface area contributed by atoms with E-state index in [1.165, 1.54) is 0 Å². The average molecular weight is 230 g/mol. The van der Waals surface area contributed by atoms with Gasteiger partial charge in [-0.3, -0.25) is 0 Å². The van der Waals surface area contributed by atoms with Crippen molar-refractivity contribution in [1.82, 2.24) is 10.2 Å². The minimum Gasteiger partial charge on any atom is -0.444 e. The number of nitrogens with one attached hydrogen (secondary N) is 1. The fourth-order valence-electron chi connectivity index (χ4n) is 1.73. The van der Waals surface area contributed by atoms with Crippen LogP contribution in [0, 0.1) is 0 Å². The van der Waals surface area contributed by atoms with Gasteiger partial charge in [0.2, 0.25) is 0 Å². The van der Waals surface area contributed by atoms with Crippen LogP contribution in [0.25, 0.3) is 0 Å². The fourth-order valence-corrected chi connectivity index (χ4v) is 1.73. The number of carbonyl (C=O) groups excluding carboxylic acids is 1. The first kappa shape index (κ1) is 13.3. The Morgan fingerprint density at radius 2 is 2.12 bits per heavy atom. The Balaban J connectivity index is 2.48. The Morgan fingerprint density at radius 3 is 2.62 bits per heavy atom. The molecule has 1 saturated heterocycles. The molecule has 0 radical (unpaired) electrons. The summed E-state index contributed by atoms with van der Waals surface area (Å²) in [5, 5.41) is 12.9. The molecule has 0 aromatic heterocycles. The lowest BCUT2D eigenvalue weighted by Gasteiger charge is -2.24. The molecule has 2 N–H and O–H groups in total. The van der Waals surface area contributed by atoms with Crippen molar-refractivity contribution >= 4 is 6.09 Å². The zero-order valence-corrected chi connectivity index (χ0v) is 10.5. The minimum atomic E-state index is -0.507. The standard InChI is InChI=1S/C11H22N2O3/c1-5-12-8-6-13(7-9(8)14)10(15)16-11(2,3)4/h8-9,12,14H,5-7H2,1-4H3. The van der Waals surface area contributed by atoms with Gasteiger partial charge in [0.15, 0.2) is 0 Å². The van der Waals surface area contributed by atoms with Crippen molar-refractivity contribution in [3.05, 3.63) is 0 Å². The third kappa shape index (κ3) is 3.64. The maximum absolute atomic E-state index is 11.7. The van der Waals surface area contributed by atoms with Crippen molar-refractivity contribution in [2.75, 3.05) is 19.6 Å². The Labute approximate surface area is 96.8 Å². The summed E-state index contributed by atoms with van der Waals surface area (Å²) in [6, 6.07) is -0.0440. The maximum atomic E-state index is 11.7. The third-order valence-electron chi connectivity index (χ3n) is 2.41. The van der Waals surface area contributed by atoms with Gasteiger partial charge >= 0.3 is 6.09 Å². The molecular weight excluding hydrogens is 208 g/mol. The summed E-state index contributed by atoms with van der Waals surface area (Å²) < 4.78 is 5.24. The molecule has 1 fully saturated rings. The first-order chi connectivity index (χ1) is 7.33. The highest BCUT2D eigenvalue weighted by Gasteiger charge is 2.35. The number of aliphatic hydroxyl groups excluding tert-OH is 1. The van der Waals surface area contributed by atoms with E-state index in [9.17, 15) is 9.90 Å². The molecule has 16 heavy (non-hydrogen) atoms. The molecule has 5 heteroatoms. The van der Waals surface area contributed by atoms with Crippen LogP contribution >= 0.6 is 0 Å². The molecular formula is C11H22N2O3. The molecule has 0 aromatic carbocycles. The molecule has 1 amide bonds. The van der Waals surface area contributed by atoms with Crippen molar-refractivity contribution in [1.29, 1.82) is 0 Å². The van der Waals surface area contributed by atoms with Gasteiger partial charge in [-0.2, -0.15) is 0 Å². The molecule has 0 spiro atoms. The van der Waals surface area contributed by atoms with Gasteiger partial charge in [0.1, 0.15) is 5.60 Å². The monoisotopic (exact) mass is 230 g/mol. The largest absolute Gasteiger partial charge is 0.444 e. The van der Waals surface area contributed by atoms with Crippen molar-refractivity contribution < 1.29 is 14.6 Å². The first-order valence-corrected chi connectivity index (χ1v) is 5.73. The summed E-state index contributed by atoms with van der Waals surface area (Å²) in [6.07, 6.45) is -0.862. The van der Waals surface area contributed by atoms with E-state index in [0.29, 0.717) is 13.1 Å². The van der Waals surface area contributed by atoms with E-state index < -0.39 is 11.7 Å². The highest BCUT2D eigenvalue weighted by molar-refractivity contribution is 5.68. The van der Waals surface area contributed by atoms with Gasteiger partial charge in [0.25, 0.3) is 0 Å². The molecule has 0 saturated carbocycles. The van der Waals surface area contributed by atoms with Crippen molar-refractivity contribution in [2.45, 2.75) is 45.4 Å². The van der Waals surface area contributed by atoms with Crippen LogP contribution in [0.5, 0.6) is 0 Å². The average Bonchev–Trinajstić information content (AvgIpc) is 2.46. The number of aliphatic hydroxyl groups is 1. The van der Waals surface area contributed by atoms with Crippen LogP contribution in [-0.4, -0.2) is 53.5 Å². The predicted octanol–water partition coefficient (Wildman–Crippen LogP) is 0.576. The number of amides is 1. The number of likely N-dealkylation sites (N-methyl/N-ethyl adjacent to an activating group) is 1. The summed E-state index contributed by atoms with van der Waals surface area (Å²) in [5.74, 6) is 0. The maximum Gasteiger partial charge on any atom is 0.410 e. The van der Waals surface area contributed by atoms with E-state index >= 15 is 0 Å². The molecule has 1 aliphatic heterocycles. The Kier molecular flexibility index (Phi) is 4.15. The number of carbonyl (C=O) groups is 1. The number of likely N-dealkylation sites (tertiary alicyclic amines) is 1. The third-order valence-corrected chi connectivity index (χ3v) is 2.41. The number of rotatable bonds is 2. The summed E-state index contributed by atoms with van der Waals surface area (Å²) in [4.78, 5) is 13.3. The van der Waals surface area contributed by atoms with Gasteiger partial charge < -0.3 is 20.1 Å². The quantitative estimate of drug-likeness (QED) is 0.728. The van der Waals surface area contributed by atoms with Crippen LogP contribution in [0.1, 0.15) is 27.7 Å². The van der Waals surface area contributed by atoms with Gasteiger partial charge in [-0.25, -0.2) is 4.79 Å². The second-order valence-electron chi connectivity index (χ2n) is 5.12. The number of β-amino-alcohol motifs (C(OH)–C–C–N with tert-alkyl or cyclic N) is 1. The lowest BCUT2D eigenvalue weighted by Crippen LogP contribution is -2.39. The van der Waals surface area contributed by atoms with Crippen LogP contribution in [0.4, 0.5) is 4.79 Å². The van der Waals surface area contributed by atoms with E-state index in [2.05, 4.69) is 5.32 Å². The van der Waals surface area contributed by atoms with Crippen LogP contribution < -0.4 is 5.32 Å². The zero-order valence-electron chi connectivity index (χ0n) is 10.5. The van der Waals surface area contributed by atoms with Gasteiger partial charge in [-0.15, -0.1) is 0 Å². The Morgan fingerprint density at radius 1 is 1.50 bits per heavy atom. The molecule has 0 bridgehead atoms. The van der Waals surface area contributed by atoms with Gasteiger partial charge in [-0.1, -0.05) is 6.92 Å². The molecule has 0 aliphatic carbocycles. The van der Waals surface area contributed by atoms with Crippen LogP contribution in [0.3, 0.4) is 0 Å². The molecule has 1 aliphatic rings. The summed E-state index contributed by atoms with van der Waals surface area (Å²) in [5.41, 5.74) is -0.488. The van der Waals surface area contributed by atoms with E-state index in [-0.39, 0.29) is 12.1 Å². The van der Waals surface area contributed by atoms with Gasteiger partial charge in [0.05, 0.1) is 18.7 Å². The Hall–Kier alpha value is -0.810. The lowest BCUT2D eigenvalue weighted by atomic mass is 10.2. The zero-order chi connectivity index (χ0) is 12.3. The minimum absolute atomic E-state index is 0.0440. The van der Waals surface area contributed by atoms with E-state index in [0.717, 1.165) is 6.54 Å². The normalized spacial score (nSPS) is 25.9. The highest BCUT2D eigenvalue weighted by Crippen LogP contribution is 2.15. The van der Waals surface area contributed by atoms with Crippen LogP contribution in [0.2, 0.25) is 0 Å². The van der Waals surface area contributed by atoms with E-state index in [1.807, 2.05) is 27.7 Å². The first-order valence-electron chi connectivity index (χ1n) is 5.73. The SMILES string of the molecule is CCNC1CN(C(=O)OC(C)(C)C)CC1O. The van der Waals surface area contributed by atoms with Crippen LogP contribution in [0.15, 0.2) is 0 Å². The number of nitrogens with zero attached hydrogens (tertiary/aromatic N) is 1. The molecule has 1 heterocycles. The topological polar surface area (TPSA) is 61.8 Å². The lowest BCUT2D eigenvalue weighted by molar-refractivity contribution is 0.0270. The molecule has 1 rings (SSSR count). The number of ether oxygens (including phenoxy) is 1. The molecule has 94 valence electrons. The predicted molar refractivity (Wildman–Crippen MR) is 61.3 cm³/mol. The van der Waals surface area contributed by atoms with Gasteiger partial charge in [0, 0.05) is 6.54 Å². The van der Waals surface area contributed by atoms with Crippen molar-refractivity contribution in [3.63, 3.8) is 0 Å². The van der Waals surface area contributed by atoms with Crippen LogP contribution in [-0.2, 0) is 4.74 Å². The second kappa shape index (κ2) is 5.01. The summed E-state index contributed by atoms with van der Waals surface area (Å²) in [6.45, 7) is 9.10. The fraction of sp³-hybridized carbons (Fsp3) is 0.909. The van der Waals surface area contributed by atoms with E-state index in [1.54, 1.807) is 4.90 Å². The van der Waals surface area contributed by atoms with Gasteiger partial charge in [-0.05, 0) is 27.3 Å². The summed E-state index contributed by atoms with van der Waals surface area (Å²) in [7, 11) is 0. The highest BCUT2D eigenvalue weighted by atomic mass is 16.6. The summed E-state index contributed by atoms with van der Waals surface area (Å²) >= 11 is 0.